The van der Waals surface area contributed by atoms with Crippen LogP contribution in [0.1, 0.15) is 45.4 Å². The minimum absolute atomic E-state index is 0.882. The zero-order valence-electron chi connectivity index (χ0n) is 7.64. The highest BCUT2D eigenvalue weighted by atomic mass is 16.5. The summed E-state index contributed by atoms with van der Waals surface area (Å²) in [6.07, 6.45) is 8.15. The van der Waals surface area contributed by atoms with Crippen LogP contribution in [0, 0.1) is 5.92 Å². The molecule has 0 spiro atoms. The van der Waals surface area contributed by atoms with E-state index >= 15 is 0 Å². The van der Waals surface area contributed by atoms with Gasteiger partial charge in [-0.3, -0.25) is 0 Å². The molecule has 1 fully saturated rings. The second-order valence-electron chi connectivity index (χ2n) is 3.71. The molecule has 0 amide bonds. The molecule has 11 heavy (non-hydrogen) atoms. The van der Waals surface area contributed by atoms with Gasteiger partial charge in [-0.2, -0.15) is 0 Å². The highest BCUT2D eigenvalue weighted by Gasteiger charge is 2.03. The molecule has 1 aliphatic heterocycles. The minimum Gasteiger partial charge on any atom is -0.381 e. The fraction of sp³-hybridized carbons (Fsp3) is 1.00. The van der Waals surface area contributed by atoms with E-state index < -0.39 is 0 Å². The summed E-state index contributed by atoms with van der Waals surface area (Å²) in [5.41, 5.74) is 0. The second-order valence-corrected chi connectivity index (χ2v) is 3.71. The normalized spacial score (nSPS) is 29.7. The minimum atomic E-state index is 0.882. The summed E-state index contributed by atoms with van der Waals surface area (Å²) in [6.45, 7) is 4.32. The Bertz CT molecular complexity index is 80.9. The maximum atomic E-state index is 5.48. The van der Waals surface area contributed by atoms with Gasteiger partial charge >= 0.3 is 0 Å². The highest BCUT2D eigenvalue weighted by Crippen LogP contribution is 2.15. The van der Waals surface area contributed by atoms with Crippen LogP contribution in [0.15, 0.2) is 0 Å². The molecular weight excluding hydrogens is 136 g/mol. The van der Waals surface area contributed by atoms with Gasteiger partial charge in [0.2, 0.25) is 0 Å². The van der Waals surface area contributed by atoms with E-state index in [9.17, 15) is 0 Å². The van der Waals surface area contributed by atoms with Gasteiger partial charge in [0.05, 0.1) is 0 Å². The standard InChI is InChI=1S/C10H20O/c1-10-6-4-2-3-5-8-11-9-7-10/h10H,2-9H2,1H3. The summed E-state index contributed by atoms with van der Waals surface area (Å²) in [6, 6.07) is 0. The lowest BCUT2D eigenvalue weighted by atomic mass is 9.99. The van der Waals surface area contributed by atoms with Crippen molar-refractivity contribution in [2.24, 2.45) is 5.92 Å². The largest absolute Gasteiger partial charge is 0.381 e. The first kappa shape index (κ1) is 9.05. The van der Waals surface area contributed by atoms with E-state index in [0.717, 1.165) is 19.1 Å². The number of hydrogen-bond acceptors (Lipinski definition) is 1. The van der Waals surface area contributed by atoms with E-state index in [2.05, 4.69) is 6.92 Å². The zero-order valence-corrected chi connectivity index (χ0v) is 7.64. The Kier molecular flexibility index (Phi) is 4.60. The topological polar surface area (TPSA) is 9.23 Å². The van der Waals surface area contributed by atoms with Crippen molar-refractivity contribution in [1.29, 1.82) is 0 Å². The lowest BCUT2D eigenvalue weighted by Gasteiger charge is -2.13. The van der Waals surface area contributed by atoms with Crippen LogP contribution >= 0.6 is 0 Å². The third-order valence-electron chi connectivity index (χ3n) is 2.49. The summed E-state index contributed by atoms with van der Waals surface area (Å²) in [7, 11) is 0. The highest BCUT2D eigenvalue weighted by molar-refractivity contribution is 4.55. The molecule has 0 saturated carbocycles. The van der Waals surface area contributed by atoms with Crippen molar-refractivity contribution in [2.75, 3.05) is 13.2 Å². The van der Waals surface area contributed by atoms with E-state index in [4.69, 9.17) is 4.74 Å². The number of ether oxygens (including phenoxy) is 1. The summed E-state index contributed by atoms with van der Waals surface area (Å²) < 4.78 is 5.48. The van der Waals surface area contributed by atoms with Crippen LogP contribution in [-0.4, -0.2) is 13.2 Å². The first-order valence-electron chi connectivity index (χ1n) is 4.97. The third-order valence-corrected chi connectivity index (χ3v) is 2.49. The van der Waals surface area contributed by atoms with Gasteiger partial charge in [-0.1, -0.05) is 32.6 Å². The predicted molar refractivity (Wildman–Crippen MR) is 47.7 cm³/mol. The molecule has 1 saturated heterocycles. The monoisotopic (exact) mass is 156 g/mol. The van der Waals surface area contributed by atoms with Gasteiger partial charge in [0.15, 0.2) is 0 Å². The zero-order chi connectivity index (χ0) is 7.94. The molecule has 0 bridgehead atoms. The molecule has 1 atom stereocenters. The maximum Gasteiger partial charge on any atom is 0.0468 e. The first-order valence-corrected chi connectivity index (χ1v) is 4.97. The molecule has 0 radical (unpaired) electrons. The lowest BCUT2D eigenvalue weighted by Crippen LogP contribution is -2.05. The molecule has 0 aromatic rings. The van der Waals surface area contributed by atoms with Crippen molar-refractivity contribution in [3.05, 3.63) is 0 Å². The Morgan fingerprint density at radius 1 is 0.909 bits per heavy atom. The van der Waals surface area contributed by atoms with E-state index in [1.54, 1.807) is 0 Å². The first-order chi connectivity index (χ1) is 5.39. The Labute approximate surface area is 70.1 Å². The Hall–Kier alpha value is -0.0400. The van der Waals surface area contributed by atoms with Gasteiger partial charge in [0, 0.05) is 13.2 Å². The molecule has 0 aliphatic carbocycles. The molecule has 1 nitrogen and oxygen atoms in total. The van der Waals surface area contributed by atoms with E-state index in [0.29, 0.717) is 0 Å². The van der Waals surface area contributed by atoms with Gasteiger partial charge in [0.25, 0.3) is 0 Å². The average Bonchev–Trinajstić information content (AvgIpc) is 2.03. The van der Waals surface area contributed by atoms with Crippen LogP contribution in [0.5, 0.6) is 0 Å². The van der Waals surface area contributed by atoms with Gasteiger partial charge in [-0.05, 0) is 18.8 Å². The van der Waals surface area contributed by atoms with E-state index in [1.165, 1.54) is 38.5 Å². The third kappa shape index (κ3) is 4.41. The van der Waals surface area contributed by atoms with Gasteiger partial charge in [-0.25, -0.2) is 0 Å². The summed E-state index contributed by atoms with van der Waals surface area (Å²) in [5.74, 6) is 0.882. The molecule has 1 rings (SSSR count). The SMILES string of the molecule is CC1CCCCCCOCC1. The van der Waals surface area contributed by atoms with Crippen molar-refractivity contribution in [2.45, 2.75) is 45.4 Å². The van der Waals surface area contributed by atoms with Gasteiger partial charge in [-0.15, -0.1) is 0 Å². The van der Waals surface area contributed by atoms with Crippen LogP contribution < -0.4 is 0 Å². The Balaban J connectivity index is 2.12. The van der Waals surface area contributed by atoms with E-state index in [1.807, 2.05) is 0 Å². The Morgan fingerprint density at radius 3 is 2.64 bits per heavy atom. The molecule has 1 aliphatic rings. The number of hydrogen-bond donors (Lipinski definition) is 0. The summed E-state index contributed by atoms with van der Waals surface area (Å²) in [4.78, 5) is 0. The van der Waals surface area contributed by atoms with Gasteiger partial charge < -0.3 is 4.74 Å². The summed E-state index contributed by atoms with van der Waals surface area (Å²) >= 11 is 0. The van der Waals surface area contributed by atoms with Crippen molar-refractivity contribution in [3.8, 4) is 0 Å². The summed E-state index contributed by atoms with van der Waals surface area (Å²) in [5, 5.41) is 0. The van der Waals surface area contributed by atoms with Crippen LogP contribution in [0.4, 0.5) is 0 Å². The number of rotatable bonds is 0. The average molecular weight is 156 g/mol. The Morgan fingerprint density at radius 2 is 1.73 bits per heavy atom. The quantitative estimate of drug-likeness (QED) is 0.524. The van der Waals surface area contributed by atoms with Gasteiger partial charge in [0.1, 0.15) is 0 Å². The molecule has 1 heteroatoms. The fourth-order valence-electron chi connectivity index (χ4n) is 1.58. The van der Waals surface area contributed by atoms with Crippen LogP contribution in [0.3, 0.4) is 0 Å². The van der Waals surface area contributed by atoms with Crippen molar-refractivity contribution in [3.63, 3.8) is 0 Å². The molecule has 1 heterocycles. The van der Waals surface area contributed by atoms with Crippen molar-refractivity contribution in [1.82, 2.24) is 0 Å². The molecule has 66 valence electrons. The second kappa shape index (κ2) is 5.59. The lowest BCUT2D eigenvalue weighted by molar-refractivity contribution is 0.112. The van der Waals surface area contributed by atoms with Crippen LogP contribution in [0.25, 0.3) is 0 Å². The molecular formula is C10H20O. The molecule has 0 N–H and O–H groups in total. The van der Waals surface area contributed by atoms with Crippen molar-refractivity contribution >= 4 is 0 Å². The van der Waals surface area contributed by atoms with Crippen LogP contribution in [-0.2, 0) is 4.74 Å². The molecule has 0 aromatic heterocycles. The molecule has 0 aromatic carbocycles. The van der Waals surface area contributed by atoms with E-state index in [-0.39, 0.29) is 0 Å². The smallest absolute Gasteiger partial charge is 0.0468 e. The maximum absolute atomic E-state index is 5.48. The molecule has 1 unspecified atom stereocenters. The fourth-order valence-corrected chi connectivity index (χ4v) is 1.58. The van der Waals surface area contributed by atoms with Crippen molar-refractivity contribution < 1.29 is 4.74 Å². The van der Waals surface area contributed by atoms with Crippen LogP contribution in [0.2, 0.25) is 0 Å². The predicted octanol–water partition coefficient (Wildman–Crippen LogP) is 2.99.